The largest absolute Gasteiger partial charge is 0.352 e. The number of benzene rings is 3. The first-order valence-corrected chi connectivity index (χ1v) is 12.8. The van der Waals surface area contributed by atoms with E-state index in [4.69, 9.17) is 0 Å². The standard InChI is InChI=1S/C30H31N5O/c36-30(31-18-22-7-3-1-4-8-22)28-20-34-16-15-26(28)17-27(34)19-35-21-29(32-33-35)25-13-11-24(12-14-25)23-9-5-2-6-10-23/h1-14,21,26-28H,15-20H2,(H,31,36)/t26?,27-,28+/m1/s1. The highest BCUT2D eigenvalue weighted by Crippen LogP contribution is 2.37. The van der Waals surface area contributed by atoms with Gasteiger partial charge in [-0.25, -0.2) is 0 Å². The van der Waals surface area contributed by atoms with Crippen LogP contribution in [0, 0.1) is 11.8 Å². The van der Waals surface area contributed by atoms with Gasteiger partial charge in [0.15, 0.2) is 0 Å². The minimum Gasteiger partial charge on any atom is -0.352 e. The van der Waals surface area contributed by atoms with E-state index in [2.05, 4.69) is 81.2 Å². The quantitative estimate of drug-likeness (QED) is 0.421. The van der Waals surface area contributed by atoms with Crippen molar-refractivity contribution in [1.29, 1.82) is 0 Å². The Hall–Kier alpha value is -3.77. The van der Waals surface area contributed by atoms with Gasteiger partial charge in [0.1, 0.15) is 5.69 Å². The summed E-state index contributed by atoms with van der Waals surface area (Å²) in [6, 6.07) is 29.4. The molecular formula is C30H31N5O. The third-order valence-corrected chi connectivity index (χ3v) is 7.75. The van der Waals surface area contributed by atoms with E-state index in [1.54, 1.807) is 0 Å². The van der Waals surface area contributed by atoms with Crippen molar-refractivity contribution in [3.63, 3.8) is 0 Å². The van der Waals surface area contributed by atoms with Gasteiger partial charge in [-0.15, -0.1) is 5.10 Å². The molecule has 4 heterocycles. The molecule has 3 aromatic carbocycles. The summed E-state index contributed by atoms with van der Waals surface area (Å²) in [5, 5.41) is 12.0. The number of fused-ring (bicyclic) bond motifs is 3. The number of hydrogen-bond acceptors (Lipinski definition) is 4. The molecule has 3 saturated heterocycles. The van der Waals surface area contributed by atoms with Crippen molar-refractivity contribution in [2.45, 2.75) is 32.0 Å². The van der Waals surface area contributed by atoms with Crippen molar-refractivity contribution in [3.05, 3.63) is 96.7 Å². The van der Waals surface area contributed by atoms with E-state index in [1.807, 2.05) is 35.1 Å². The van der Waals surface area contributed by atoms with Crippen LogP contribution in [0.4, 0.5) is 0 Å². The minimum absolute atomic E-state index is 0.0770. The zero-order valence-electron chi connectivity index (χ0n) is 20.3. The van der Waals surface area contributed by atoms with Crippen LogP contribution in [0.25, 0.3) is 22.4 Å². The predicted octanol–water partition coefficient (Wildman–Crippen LogP) is 4.64. The van der Waals surface area contributed by atoms with Gasteiger partial charge < -0.3 is 5.32 Å². The van der Waals surface area contributed by atoms with Gasteiger partial charge in [0.2, 0.25) is 5.91 Å². The second-order valence-corrected chi connectivity index (χ2v) is 10.0. The summed E-state index contributed by atoms with van der Waals surface area (Å²) < 4.78 is 1.97. The van der Waals surface area contributed by atoms with Crippen LogP contribution in [0.1, 0.15) is 18.4 Å². The van der Waals surface area contributed by atoms with Crippen LogP contribution >= 0.6 is 0 Å². The zero-order chi connectivity index (χ0) is 24.3. The lowest BCUT2D eigenvalue weighted by Gasteiger charge is -2.49. The molecule has 0 radical (unpaired) electrons. The van der Waals surface area contributed by atoms with E-state index >= 15 is 0 Å². The molecule has 4 aromatic rings. The molecule has 2 bridgehead atoms. The number of aromatic nitrogens is 3. The Balaban J connectivity index is 1.06. The summed E-state index contributed by atoms with van der Waals surface area (Å²) in [5.74, 6) is 0.700. The molecule has 4 atom stereocenters. The van der Waals surface area contributed by atoms with Crippen LogP contribution in [0.2, 0.25) is 0 Å². The molecule has 1 aromatic heterocycles. The molecule has 1 amide bonds. The second-order valence-electron chi connectivity index (χ2n) is 10.0. The van der Waals surface area contributed by atoms with Crippen LogP contribution in [-0.4, -0.2) is 44.9 Å². The molecule has 6 nitrogen and oxygen atoms in total. The third kappa shape index (κ3) is 4.82. The molecule has 6 heteroatoms. The van der Waals surface area contributed by atoms with Crippen LogP contribution in [-0.2, 0) is 17.9 Å². The summed E-state index contributed by atoms with van der Waals surface area (Å²) in [5.41, 5.74) is 5.51. The average molecular weight is 478 g/mol. The first kappa shape index (κ1) is 22.7. The Morgan fingerprint density at radius 1 is 0.889 bits per heavy atom. The van der Waals surface area contributed by atoms with Crippen molar-refractivity contribution in [2.75, 3.05) is 13.1 Å². The Morgan fingerprint density at radius 3 is 2.31 bits per heavy atom. The predicted molar refractivity (Wildman–Crippen MR) is 141 cm³/mol. The van der Waals surface area contributed by atoms with E-state index in [0.717, 1.165) is 49.3 Å². The summed E-state index contributed by atoms with van der Waals surface area (Å²) in [6.07, 6.45) is 4.17. The molecule has 0 spiro atoms. The van der Waals surface area contributed by atoms with Crippen molar-refractivity contribution >= 4 is 5.91 Å². The van der Waals surface area contributed by atoms with Gasteiger partial charge in [-0.1, -0.05) is 90.1 Å². The summed E-state index contributed by atoms with van der Waals surface area (Å²) in [6.45, 7) is 3.29. The average Bonchev–Trinajstić information content (AvgIpc) is 3.42. The number of nitrogens with zero attached hydrogens (tertiary/aromatic N) is 4. The monoisotopic (exact) mass is 477 g/mol. The van der Waals surface area contributed by atoms with Gasteiger partial charge in [-0.2, -0.15) is 0 Å². The molecule has 3 fully saturated rings. The maximum Gasteiger partial charge on any atom is 0.224 e. The molecule has 36 heavy (non-hydrogen) atoms. The Bertz CT molecular complexity index is 1300. The highest BCUT2D eigenvalue weighted by molar-refractivity contribution is 5.79. The third-order valence-electron chi connectivity index (χ3n) is 7.75. The van der Waals surface area contributed by atoms with Gasteiger partial charge in [0.25, 0.3) is 0 Å². The maximum absolute atomic E-state index is 12.9. The lowest BCUT2D eigenvalue weighted by Crippen LogP contribution is -2.57. The van der Waals surface area contributed by atoms with Gasteiger partial charge in [0.05, 0.1) is 18.7 Å². The fourth-order valence-corrected chi connectivity index (χ4v) is 5.74. The molecule has 2 unspecified atom stereocenters. The number of amides is 1. The molecule has 7 rings (SSSR count). The van der Waals surface area contributed by atoms with E-state index in [1.165, 1.54) is 11.1 Å². The van der Waals surface area contributed by atoms with Crippen molar-refractivity contribution in [2.24, 2.45) is 11.8 Å². The number of piperidine rings is 3. The van der Waals surface area contributed by atoms with E-state index in [9.17, 15) is 4.79 Å². The Kier molecular flexibility index (Phi) is 6.35. The lowest BCUT2D eigenvalue weighted by molar-refractivity contribution is -0.133. The number of nitrogens with one attached hydrogen (secondary N) is 1. The number of carbonyl (C=O) groups excluding carboxylic acids is 1. The Morgan fingerprint density at radius 2 is 1.58 bits per heavy atom. The molecule has 3 aliphatic rings. The normalized spacial score (nSPS) is 22.9. The van der Waals surface area contributed by atoms with Crippen LogP contribution < -0.4 is 5.32 Å². The van der Waals surface area contributed by atoms with Gasteiger partial charge >= 0.3 is 0 Å². The first-order chi connectivity index (χ1) is 17.7. The maximum atomic E-state index is 12.9. The summed E-state index contributed by atoms with van der Waals surface area (Å²) in [7, 11) is 0. The SMILES string of the molecule is O=C(NCc1ccccc1)[C@H]1CN2CCC1C[C@@H]2Cn1cc(-c2ccc(-c3ccccc3)cc2)nn1. The van der Waals surface area contributed by atoms with Gasteiger partial charge in [-0.3, -0.25) is 14.4 Å². The topological polar surface area (TPSA) is 63.1 Å². The highest BCUT2D eigenvalue weighted by Gasteiger charge is 2.43. The first-order valence-electron chi connectivity index (χ1n) is 12.8. The highest BCUT2D eigenvalue weighted by atomic mass is 16.1. The Labute approximate surface area is 212 Å². The van der Waals surface area contributed by atoms with Crippen molar-refractivity contribution in [1.82, 2.24) is 25.2 Å². The number of rotatable bonds is 7. The zero-order valence-corrected chi connectivity index (χ0v) is 20.3. The second kappa shape index (κ2) is 10.1. The summed E-state index contributed by atoms with van der Waals surface area (Å²) in [4.78, 5) is 15.4. The molecular weight excluding hydrogens is 446 g/mol. The smallest absolute Gasteiger partial charge is 0.224 e. The lowest BCUT2D eigenvalue weighted by atomic mass is 9.75. The minimum atomic E-state index is 0.0770. The molecule has 182 valence electrons. The fraction of sp³-hybridized carbons (Fsp3) is 0.300. The molecule has 0 aliphatic carbocycles. The fourth-order valence-electron chi connectivity index (χ4n) is 5.74. The molecule has 1 N–H and O–H groups in total. The number of hydrogen-bond donors (Lipinski definition) is 1. The van der Waals surface area contributed by atoms with E-state index in [0.29, 0.717) is 18.5 Å². The van der Waals surface area contributed by atoms with Crippen LogP contribution in [0.15, 0.2) is 91.1 Å². The molecule has 0 saturated carbocycles. The van der Waals surface area contributed by atoms with Gasteiger partial charge in [-0.05, 0) is 42.0 Å². The molecule has 3 aliphatic heterocycles. The number of carbonyl (C=O) groups is 1. The van der Waals surface area contributed by atoms with Crippen molar-refractivity contribution < 1.29 is 4.79 Å². The summed E-state index contributed by atoms with van der Waals surface area (Å²) >= 11 is 0. The van der Waals surface area contributed by atoms with Gasteiger partial charge in [0, 0.05) is 24.7 Å². The van der Waals surface area contributed by atoms with Crippen LogP contribution in [0.5, 0.6) is 0 Å². The van der Waals surface area contributed by atoms with E-state index < -0.39 is 0 Å². The van der Waals surface area contributed by atoms with Crippen molar-refractivity contribution in [3.8, 4) is 22.4 Å². The van der Waals surface area contributed by atoms with Crippen LogP contribution in [0.3, 0.4) is 0 Å². The van der Waals surface area contributed by atoms with E-state index in [-0.39, 0.29) is 11.8 Å².